The van der Waals surface area contributed by atoms with Gasteiger partial charge < -0.3 is 14.8 Å². The van der Waals surface area contributed by atoms with Gasteiger partial charge in [-0.25, -0.2) is 4.98 Å². The number of fused-ring (bicyclic) bond motifs is 1. The fourth-order valence-electron chi connectivity index (χ4n) is 3.95. The zero-order valence-electron chi connectivity index (χ0n) is 16.1. The zero-order chi connectivity index (χ0) is 18.5. The van der Waals surface area contributed by atoms with Crippen molar-refractivity contribution in [1.82, 2.24) is 19.8 Å². The number of rotatable bonds is 5. The number of aliphatic imine (C=N–C) groups is 1. The van der Waals surface area contributed by atoms with Crippen LogP contribution in [0.5, 0.6) is 0 Å². The third-order valence-electron chi connectivity index (χ3n) is 5.41. The standard InChI is InChI=1S/C21H29N5S/c1-22-21(23-13-18-15-25-11-6-5-9-20(25)24-18)26-12-10-17(14-26)16-27-19-7-3-2-4-8-19/h2-4,7-8,15,17H,5-6,9-14,16H2,1H3,(H,22,23). The molecule has 0 radical (unpaired) electrons. The molecule has 2 aromatic rings. The molecule has 0 saturated carbocycles. The van der Waals surface area contributed by atoms with Crippen molar-refractivity contribution < 1.29 is 0 Å². The molecule has 27 heavy (non-hydrogen) atoms. The highest BCUT2D eigenvalue weighted by molar-refractivity contribution is 7.99. The largest absolute Gasteiger partial charge is 0.351 e. The molecule has 1 saturated heterocycles. The van der Waals surface area contributed by atoms with E-state index < -0.39 is 0 Å². The summed E-state index contributed by atoms with van der Waals surface area (Å²) in [5.74, 6) is 4.14. The number of hydrogen-bond donors (Lipinski definition) is 1. The summed E-state index contributed by atoms with van der Waals surface area (Å²) in [5.41, 5.74) is 1.13. The topological polar surface area (TPSA) is 45.5 Å². The third-order valence-corrected chi connectivity index (χ3v) is 6.66. The monoisotopic (exact) mass is 383 g/mol. The second-order valence-corrected chi connectivity index (χ2v) is 8.52. The third kappa shape index (κ3) is 4.67. The van der Waals surface area contributed by atoms with Crippen molar-refractivity contribution >= 4 is 17.7 Å². The Morgan fingerprint density at radius 3 is 2.96 bits per heavy atom. The number of nitrogens with zero attached hydrogens (tertiary/aromatic N) is 4. The lowest BCUT2D eigenvalue weighted by molar-refractivity contribution is 0.474. The van der Waals surface area contributed by atoms with Crippen LogP contribution in [0.4, 0.5) is 0 Å². The fourth-order valence-corrected chi connectivity index (χ4v) is 5.00. The van der Waals surface area contributed by atoms with Crippen molar-refractivity contribution in [2.24, 2.45) is 10.9 Å². The van der Waals surface area contributed by atoms with E-state index in [4.69, 9.17) is 4.98 Å². The smallest absolute Gasteiger partial charge is 0.193 e. The average Bonchev–Trinajstić information content (AvgIpc) is 3.34. The van der Waals surface area contributed by atoms with E-state index in [2.05, 4.69) is 56.3 Å². The van der Waals surface area contributed by atoms with E-state index >= 15 is 0 Å². The maximum absolute atomic E-state index is 4.79. The predicted molar refractivity (Wildman–Crippen MR) is 112 cm³/mol. The van der Waals surface area contributed by atoms with E-state index in [1.165, 1.54) is 35.7 Å². The lowest BCUT2D eigenvalue weighted by Crippen LogP contribution is -2.39. The summed E-state index contributed by atoms with van der Waals surface area (Å²) in [6.07, 6.45) is 7.09. The quantitative estimate of drug-likeness (QED) is 0.488. The highest BCUT2D eigenvalue weighted by atomic mass is 32.2. The van der Waals surface area contributed by atoms with Gasteiger partial charge in [-0.2, -0.15) is 0 Å². The fraction of sp³-hybridized carbons (Fsp3) is 0.524. The molecule has 0 bridgehead atoms. The van der Waals surface area contributed by atoms with Gasteiger partial charge in [-0.3, -0.25) is 4.99 Å². The summed E-state index contributed by atoms with van der Waals surface area (Å²) >= 11 is 1.96. The van der Waals surface area contributed by atoms with E-state index in [0.717, 1.165) is 44.3 Å². The zero-order valence-corrected chi connectivity index (χ0v) is 16.9. The minimum absolute atomic E-state index is 0.716. The number of nitrogens with one attached hydrogen (secondary N) is 1. The maximum atomic E-state index is 4.79. The summed E-state index contributed by atoms with van der Waals surface area (Å²) in [4.78, 5) is 13.1. The van der Waals surface area contributed by atoms with Crippen LogP contribution in [-0.2, 0) is 19.5 Å². The number of hydrogen-bond acceptors (Lipinski definition) is 3. The minimum Gasteiger partial charge on any atom is -0.351 e. The van der Waals surface area contributed by atoms with Gasteiger partial charge in [0.15, 0.2) is 5.96 Å². The van der Waals surface area contributed by atoms with Gasteiger partial charge in [-0.1, -0.05) is 18.2 Å². The van der Waals surface area contributed by atoms with Crippen LogP contribution in [-0.4, -0.2) is 46.3 Å². The lowest BCUT2D eigenvalue weighted by atomic mass is 10.2. The molecule has 5 nitrogen and oxygen atoms in total. The normalized spacial score (nSPS) is 20.0. The van der Waals surface area contributed by atoms with E-state index in [-0.39, 0.29) is 0 Å². The van der Waals surface area contributed by atoms with Gasteiger partial charge >= 0.3 is 0 Å². The molecule has 0 amide bonds. The first-order chi connectivity index (χ1) is 13.3. The van der Waals surface area contributed by atoms with E-state index in [1.807, 2.05) is 18.8 Å². The van der Waals surface area contributed by atoms with Crippen LogP contribution in [0.2, 0.25) is 0 Å². The molecule has 4 rings (SSSR count). The van der Waals surface area contributed by atoms with Crippen molar-refractivity contribution in [1.29, 1.82) is 0 Å². The molecular formula is C21H29N5S. The number of thioether (sulfide) groups is 1. The molecule has 2 aliphatic heterocycles. The van der Waals surface area contributed by atoms with E-state index in [1.54, 1.807) is 0 Å². The molecule has 1 N–H and O–H groups in total. The summed E-state index contributed by atoms with van der Waals surface area (Å²) in [6, 6.07) is 10.7. The number of imidazole rings is 1. The van der Waals surface area contributed by atoms with Gasteiger partial charge in [0.1, 0.15) is 5.82 Å². The second-order valence-electron chi connectivity index (χ2n) is 7.42. The molecule has 1 atom stereocenters. The lowest BCUT2D eigenvalue weighted by Gasteiger charge is -2.21. The first-order valence-corrected chi connectivity index (χ1v) is 11.0. The number of likely N-dealkylation sites (tertiary alicyclic amines) is 1. The SMILES string of the molecule is CN=C(NCc1cn2c(n1)CCCC2)N1CCC(CSc2ccccc2)C1. The van der Waals surface area contributed by atoms with Crippen LogP contribution in [0, 0.1) is 5.92 Å². The molecule has 2 aliphatic rings. The minimum atomic E-state index is 0.716. The Bertz CT molecular complexity index is 747. The Labute approximate surface area is 166 Å². The van der Waals surface area contributed by atoms with Gasteiger partial charge in [-0.15, -0.1) is 11.8 Å². The Kier molecular flexibility index (Phi) is 6.02. The van der Waals surface area contributed by atoms with Gasteiger partial charge in [0.25, 0.3) is 0 Å². The van der Waals surface area contributed by atoms with Gasteiger partial charge in [-0.05, 0) is 37.3 Å². The Morgan fingerprint density at radius 2 is 2.15 bits per heavy atom. The van der Waals surface area contributed by atoms with Gasteiger partial charge in [0.05, 0.1) is 12.2 Å². The molecular weight excluding hydrogens is 354 g/mol. The summed E-state index contributed by atoms with van der Waals surface area (Å²) in [6.45, 7) is 4.04. The number of aromatic nitrogens is 2. The number of guanidine groups is 1. The van der Waals surface area contributed by atoms with Gasteiger partial charge in [0, 0.05) is 49.9 Å². The van der Waals surface area contributed by atoms with Crippen LogP contribution in [0.1, 0.15) is 30.8 Å². The average molecular weight is 384 g/mol. The number of aryl methyl sites for hydroxylation is 2. The maximum Gasteiger partial charge on any atom is 0.193 e. The number of benzene rings is 1. The molecule has 0 spiro atoms. The molecule has 1 aromatic carbocycles. The Hall–Kier alpha value is -1.95. The molecule has 144 valence electrons. The second kappa shape index (κ2) is 8.83. The first-order valence-electron chi connectivity index (χ1n) is 10.00. The molecule has 1 fully saturated rings. The van der Waals surface area contributed by atoms with Crippen LogP contribution in [0.3, 0.4) is 0 Å². The molecule has 1 aromatic heterocycles. The summed E-state index contributed by atoms with van der Waals surface area (Å²) in [5, 5.41) is 3.52. The van der Waals surface area contributed by atoms with Crippen LogP contribution in [0.15, 0.2) is 46.4 Å². The van der Waals surface area contributed by atoms with Crippen molar-refractivity contribution in [2.75, 3.05) is 25.9 Å². The predicted octanol–water partition coefficient (Wildman–Crippen LogP) is 3.41. The van der Waals surface area contributed by atoms with Crippen molar-refractivity contribution in [3.05, 3.63) is 48.0 Å². The van der Waals surface area contributed by atoms with Crippen molar-refractivity contribution in [3.8, 4) is 0 Å². The summed E-state index contributed by atoms with van der Waals surface area (Å²) < 4.78 is 2.32. The van der Waals surface area contributed by atoms with E-state index in [0.29, 0.717) is 5.92 Å². The highest BCUT2D eigenvalue weighted by Crippen LogP contribution is 2.26. The van der Waals surface area contributed by atoms with E-state index in [9.17, 15) is 0 Å². The molecule has 3 heterocycles. The highest BCUT2D eigenvalue weighted by Gasteiger charge is 2.25. The van der Waals surface area contributed by atoms with Gasteiger partial charge in [0.2, 0.25) is 0 Å². The van der Waals surface area contributed by atoms with Crippen LogP contribution in [0.25, 0.3) is 0 Å². The molecule has 0 aliphatic carbocycles. The van der Waals surface area contributed by atoms with Crippen molar-refractivity contribution in [3.63, 3.8) is 0 Å². The molecule has 6 heteroatoms. The summed E-state index contributed by atoms with van der Waals surface area (Å²) in [7, 11) is 1.88. The van der Waals surface area contributed by atoms with Crippen LogP contribution >= 0.6 is 11.8 Å². The molecule has 1 unspecified atom stereocenters. The Morgan fingerprint density at radius 1 is 1.26 bits per heavy atom. The van der Waals surface area contributed by atoms with Crippen LogP contribution < -0.4 is 5.32 Å². The van der Waals surface area contributed by atoms with Crippen molar-refractivity contribution in [2.45, 2.75) is 43.7 Å². The Balaban J connectivity index is 1.26. The first kappa shape index (κ1) is 18.4.